The van der Waals surface area contributed by atoms with Gasteiger partial charge in [-0.25, -0.2) is 0 Å². The zero-order valence-electron chi connectivity index (χ0n) is 14.4. The first-order valence-corrected chi connectivity index (χ1v) is 9.03. The average Bonchev–Trinajstić information content (AvgIpc) is 3.23. The third-order valence-corrected chi connectivity index (χ3v) is 5.32. The molecule has 0 saturated carbocycles. The lowest BCUT2D eigenvalue weighted by molar-refractivity contribution is -0.159. The first-order valence-electron chi connectivity index (χ1n) is 9.03. The van der Waals surface area contributed by atoms with Crippen molar-refractivity contribution in [2.75, 3.05) is 32.7 Å². The van der Waals surface area contributed by atoms with Crippen LogP contribution in [0.25, 0.3) is 0 Å². The fourth-order valence-corrected chi connectivity index (χ4v) is 3.88. The van der Waals surface area contributed by atoms with Gasteiger partial charge in [0.15, 0.2) is 5.60 Å². The maximum Gasteiger partial charge on any atom is 0.256 e. The number of carbonyl (C=O) groups excluding carboxylic acids is 4. The molecular weight excluding hydrogens is 326 g/mol. The first-order chi connectivity index (χ1) is 11.9. The highest BCUT2D eigenvalue weighted by Crippen LogP contribution is 2.26. The van der Waals surface area contributed by atoms with Crippen LogP contribution in [0.15, 0.2) is 0 Å². The SMILES string of the molecule is O=C(CCN1C(=O)CCC1=O)N1CCCC(O)(C(=O)N2CCCC2)C1. The first kappa shape index (κ1) is 17.8. The van der Waals surface area contributed by atoms with E-state index in [4.69, 9.17) is 0 Å². The van der Waals surface area contributed by atoms with Gasteiger partial charge in [0.05, 0.1) is 6.54 Å². The Balaban J connectivity index is 1.56. The van der Waals surface area contributed by atoms with Crippen LogP contribution in [0.3, 0.4) is 0 Å². The molecule has 1 atom stereocenters. The number of rotatable bonds is 4. The highest BCUT2D eigenvalue weighted by molar-refractivity contribution is 6.02. The molecule has 8 heteroatoms. The quantitative estimate of drug-likeness (QED) is 0.689. The Kier molecular flexibility index (Phi) is 5.08. The van der Waals surface area contributed by atoms with Crippen LogP contribution in [-0.4, -0.2) is 81.8 Å². The number of likely N-dealkylation sites (tertiary alicyclic amines) is 3. The minimum absolute atomic E-state index is 0.0109. The minimum atomic E-state index is -1.52. The largest absolute Gasteiger partial charge is 0.378 e. The molecule has 0 aromatic rings. The molecule has 3 aliphatic heterocycles. The summed E-state index contributed by atoms with van der Waals surface area (Å²) in [5, 5.41) is 10.8. The van der Waals surface area contributed by atoms with Crippen molar-refractivity contribution < 1.29 is 24.3 Å². The monoisotopic (exact) mass is 351 g/mol. The molecule has 138 valence electrons. The molecule has 3 saturated heterocycles. The number of imide groups is 1. The maximum absolute atomic E-state index is 12.6. The van der Waals surface area contributed by atoms with Crippen LogP contribution in [-0.2, 0) is 19.2 Å². The molecule has 3 rings (SSSR count). The second-order valence-corrected chi connectivity index (χ2v) is 7.14. The highest BCUT2D eigenvalue weighted by Gasteiger charge is 2.44. The van der Waals surface area contributed by atoms with Gasteiger partial charge in [-0.3, -0.25) is 24.1 Å². The third kappa shape index (κ3) is 3.68. The highest BCUT2D eigenvalue weighted by atomic mass is 16.3. The molecule has 0 spiro atoms. The van der Waals surface area contributed by atoms with Gasteiger partial charge in [0, 0.05) is 45.4 Å². The van der Waals surface area contributed by atoms with Gasteiger partial charge in [-0.1, -0.05) is 0 Å². The molecule has 4 amide bonds. The zero-order valence-corrected chi connectivity index (χ0v) is 14.4. The molecular formula is C17H25N3O5. The molecule has 25 heavy (non-hydrogen) atoms. The van der Waals surface area contributed by atoms with E-state index >= 15 is 0 Å². The molecule has 0 aromatic carbocycles. The van der Waals surface area contributed by atoms with Crippen LogP contribution in [0.4, 0.5) is 0 Å². The Bertz CT molecular complexity index is 571. The number of piperidine rings is 1. The number of β-amino-alcohol motifs (C(OH)–C–C–N with tert-alkyl or cyclic N) is 1. The van der Waals surface area contributed by atoms with Gasteiger partial charge in [0.2, 0.25) is 17.7 Å². The number of nitrogens with zero attached hydrogens (tertiary/aromatic N) is 3. The van der Waals surface area contributed by atoms with E-state index in [9.17, 15) is 24.3 Å². The number of hydrogen-bond donors (Lipinski definition) is 1. The van der Waals surface area contributed by atoms with Crippen molar-refractivity contribution in [2.45, 2.75) is 50.5 Å². The Morgan fingerprint density at radius 3 is 2.20 bits per heavy atom. The molecule has 0 radical (unpaired) electrons. The number of carbonyl (C=O) groups is 4. The van der Waals surface area contributed by atoms with Crippen molar-refractivity contribution in [1.29, 1.82) is 0 Å². The van der Waals surface area contributed by atoms with Gasteiger partial charge in [-0.05, 0) is 25.7 Å². The van der Waals surface area contributed by atoms with Crippen LogP contribution >= 0.6 is 0 Å². The van der Waals surface area contributed by atoms with Gasteiger partial charge in [-0.15, -0.1) is 0 Å². The molecule has 3 aliphatic rings. The van der Waals surface area contributed by atoms with Gasteiger partial charge < -0.3 is 14.9 Å². The number of aliphatic hydroxyl groups is 1. The summed E-state index contributed by atoms with van der Waals surface area (Å²) in [6.45, 7) is 1.87. The topological polar surface area (TPSA) is 98.2 Å². The standard InChI is InChI=1S/C17H25N3O5/c21-13(6-11-20-14(22)4-5-15(20)23)19-10-3-7-17(25,12-19)16(24)18-8-1-2-9-18/h25H,1-12H2. The predicted octanol–water partition coefficient (Wildman–Crippen LogP) is -0.499. The van der Waals surface area contributed by atoms with E-state index in [0.717, 1.165) is 17.7 Å². The van der Waals surface area contributed by atoms with Crippen molar-refractivity contribution in [2.24, 2.45) is 0 Å². The van der Waals surface area contributed by atoms with Crippen LogP contribution in [0.2, 0.25) is 0 Å². The van der Waals surface area contributed by atoms with Gasteiger partial charge in [0.25, 0.3) is 5.91 Å². The lowest BCUT2D eigenvalue weighted by Gasteiger charge is -2.40. The molecule has 0 aliphatic carbocycles. The van der Waals surface area contributed by atoms with Crippen LogP contribution in [0.1, 0.15) is 44.9 Å². The van der Waals surface area contributed by atoms with Crippen molar-refractivity contribution >= 4 is 23.6 Å². The van der Waals surface area contributed by atoms with E-state index in [2.05, 4.69) is 0 Å². The summed E-state index contributed by atoms with van der Waals surface area (Å²) >= 11 is 0. The van der Waals surface area contributed by atoms with Crippen LogP contribution in [0.5, 0.6) is 0 Å². The Labute approximate surface area is 146 Å². The van der Waals surface area contributed by atoms with Crippen molar-refractivity contribution in [3.63, 3.8) is 0 Å². The summed E-state index contributed by atoms with van der Waals surface area (Å²) in [4.78, 5) is 52.5. The fourth-order valence-electron chi connectivity index (χ4n) is 3.88. The Morgan fingerprint density at radius 1 is 0.960 bits per heavy atom. The Morgan fingerprint density at radius 2 is 1.56 bits per heavy atom. The van der Waals surface area contributed by atoms with E-state index in [0.29, 0.717) is 32.5 Å². The Hall–Kier alpha value is -1.96. The van der Waals surface area contributed by atoms with Gasteiger partial charge in [0.1, 0.15) is 0 Å². The lowest BCUT2D eigenvalue weighted by Crippen LogP contribution is -2.58. The summed E-state index contributed by atoms with van der Waals surface area (Å²) in [6.07, 6.45) is 3.26. The normalized spacial score (nSPS) is 27.3. The fraction of sp³-hybridized carbons (Fsp3) is 0.765. The number of hydrogen-bond acceptors (Lipinski definition) is 5. The second kappa shape index (κ2) is 7.11. The van der Waals surface area contributed by atoms with E-state index in [1.165, 1.54) is 4.90 Å². The smallest absolute Gasteiger partial charge is 0.256 e. The maximum atomic E-state index is 12.6. The molecule has 3 heterocycles. The zero-order chi connectivity index (χ0) is 18.0. The second-order valence-electron chi connectivity index (χ2n) is 7.14. The van der Waals surface area contributed by atoms with Crippen LogP contribution < -0.4 is 0 Å². The average molecular weight is 351 g/mol. The van der Waals surface area contributed by atoms with E-state index in [1.54, 1.807) is 4.90 Å². The van der Waals surface area contributed by atoms with Crippen molar-refractivity contribution in [3.05, 3.63) is 0 Å². The molecule has 0 bridgehead atoms. The van der Waals surface area contributed by atoms with Gasteiger partial charge in [-0.2, -0.15) is 0 Å². The molecule has 1 unspecified atom stereocenters. The summed E-state index contributed by atoms with van der Waals surface area (Å²) in [5.41, 5.74) is -1.52. The molecule has 1 N–H and O–H groups in total. The van der Waals surface area contributed by atoms with Crippen molar-refractivity contribution in [1.82, 2.24) is 14.7 Å². The lowest BCUT2D eigenvalue weighted by atomic mass is 9.91. The minimum Gasteiger partial charge on any atom is -0.378 e. The van der Waals surface area contributed by atoms with Crippen LogP contribution in [0, 0.1) is 0 Å². The third-order valence-electron chi connectivity index (χ3n) is 5.32. The summed E-state index contributed by atoms with van der Waals surface area (Å²) < 4.78 is 0. The van der Waals surface area contributed by atoms with Crippen molar-refractivity contribution in [3.8, 4) is 0 Å². The van der Waals surface area contributed by atoms with E-state index in [1.807, 2.05) is 0 Å². The number of amides is 4. The molecule has 3 fully saturated rings. The van der Waals surface area contributed by atoms with E-state index in [-0.39, 0.29) is 56.0 Å². The summed E-state index contributed by atoms with van der Waals surface area (Å²) in [5.74, 6) is -0.999. The summed E-state index contributed by atoms with van der Waals surface area (Å²) in [7, 11) is 0. The summed E-state index contributed by atoms with van der Waals surface area (Å²) in [6, 6.07) is 0. The predicted molar refractivity (Wildman–Crippen MR) is 87.1 cm³/mol. The molecule has 8 nitrogen and oxygen atoms in total. The van der Waals surface area contributed by atoms with Gasteiger partial charge >= 0.3 is 0 Å². The van der Waals surface area contributed by atoms with E-state index < -0.39 is 5.60 Å². The molecule has 0 aromatic heterocycles.